The Hall–Kier alpha value is -3.04. The van der Waals surface area contributed by atoms with E-state index in [0.717, 1.165) is 18.8 Å². The lowest BCUT2D eigenvalue weighted by molar-refractivity contribution is 0.0127. The van der Waals surface area contributed by atoms with Crippen LogP contribution in [-0.4, -0.2) is 11.6 Å². The fourth-order valence-corrected chi connectivity index (χ4v) is 4.59. The molecule has 2 heterocycles. The first-order valence-electron chi connectivity index (χ1n) is 11.2. The fraction of sp³-hybridized carbons (Fsp3) is 0.286. The standard InChI is InChI=1S/C28H29NO2/c1-19-16-22(31-18-21-8-4-3-5-9-21)11-12-23(19)24-13-14-26-25(20(24)2)17-27(29-26)28-10-6-7-15-30-28/h3-5,8-9,11-14,16-17,28-29H,6-7,10,15,18H2,1-2H3. The van der Waals surface area contributed by atoms with Gasteiger partial charge in [0.2, 0.25) is 0 Å². The Balaban J connectivity index is 1.41. The molecule has 1 unspecified atom stereocenters. The number of fused-ring (bicyclic) bond motifs is 1. The van der Waals surface area contributed by atoms with E-state index in [0.29, 0.717) is 6.61 Å². The van der Waals surface area contributed by atoms with Crippen LogP contribution in [0.5, 0.6) is 5.75 Å². The smallest absolute Gasteiger partial charge is 0.120 e. The Labute approximate surface area is 184 Å². The number of H-pyrrole nitrogens is 1. The number of hydrogen-bond donors (Lipinski definition) is 1. The van der Waals surface area contributed by atoms with E-state index in [9.17, 15) is 0 Å². The van der Waals surface area contributed by atoms with E-state index in [4.69, 9.17) is 9.47 Å². The maximum atomic E-state index is 6.02. The van der Waals surface area contributed by atoms with Gasteiger partial charge in [-0.05, 0) is 85.2 Å². The van der Waals surface area contributed by atoms with E-state index in [1.165, 1.54) is 57.3 Å². The molecule has 4 aromatic rings. The Kier molecular flexibility index (Phi) is 5.52. The van der Waals surface area contributed by atoms with E-state index < -0.39 is 0 Å². The molecule has 0 radical (unpaired) electrons. The third kappa shape index (κ3) is 4.11. The molecule has 0 aliphatic carbocycles. The quantitative estimate of drug-likeness (QED) is 0.375. The van der Waals surface area contributed by atoms with Crippen LogP contribution in [0.1, 0.15) is 47.8 Å². The predicted molar refractivity (Wildman–Crippen MR) is 127 cm³/mol. The van der Waals surface area contributed by atoms with E-state index in [2.05, 4.69) is 67.4 Å². The molecule has 3 nitrogen and oxygen atoms in total. The van der Waals surface area contributed by atoms with Gasteiger partial charge >= 0.3 is 0 Å². The SMILES string of the molecule is Cc1cc(OCc2ccccc2)ccc1-c1ccc2[nH]c(C3CCCCO3)cc2c1C. The molecule has 0 bridgehead atoms. The summed E-state index contributed by atoms with van der Waals surface area (Å²) in [4.78, 5) is 3.60. The first kappa shape index (κ1) is 19.9. The molecule has 0 spiro atoms. The Morgan fingerprint density at radius 3 is 2.55 bits per heavy atom. The van der Waals surface area contributed by atoms with Crippen molar-refractivity contribution in [3.8, 4) is 16.9 Å². The average molecular weight is 412 g/mol. The van der Waals surface area contributed by atoms with Gasteiger partial charge in [-0.3, -0.25) is 0 Å². The lowest BCUT2D eigenvalue weighted by Gasteiger charge is -2.21. The van der Waals surface area contributed by atoms with Gasteiger partial charge < -0.3 is 14.5 Å². The highest BCUT2D eigenvalue weighted by Gasteiger charge is 2.19. The summed E-state index contributed by atoms with van der Waals surface area (Å²) in [5.74, 6) is 0.905. The maximum absolute atomic E-state index is 6.02. The molecule has 1 atom stereocenters. The minimum atomic E-state index is 0.201. The van der Waals surface area contributed by atoms with Gasteiger partial charge in [-0.15, -0.1) is 0 Å². The topological polar surface area (TPSA) is 34.2 Å². The van der Waals surface area contributed by atoms with Crippen LogP contribution in [0.4, 0.5) is 0 Å². The molecule has 1 aromatic heterocycles. The highest BCUT2D eigenvalue weighted by atomic mass is 16.5. The first-order chi connectivity index (χ1) is 15.2. The van der Waals surface area contributed by atoms with Gasteiger partial charge in [-0.1, -0.05) is 42.5 Å². The van der Waals surface area contributed by atoms with Crippen molar-refractivity contribution >= 4 is 10.9 Å². The average Bonchev–Trinajstić information content (AvgIpc) is 3.25. The molecule has 1 fully saturated rings. The molecule has 3 aromatic carbocycles. The monoisotopic (exact) mass is 411 g/mol. The van der Waals surface area contributed by atoms with E-state index in [1.807, 2.05) is 18.2 Å². The van der Waals surface area contributed by atoms with Crippen molar-refractivity contribution in [1.29, 1.82) is 0 Å². The van der Waals surface area contributed by atoms with Crippen molar-refractivity contribution in [1.82, 2.24) is 4.98 Å². The van der Waals surface area contributed by atoms with Crippen LogP contribution >= 0.6 is 0 Å². The number of ether oxygens (including phenoxy) is 2. The fourth-order valence-electron chi connectivity index (χ4n) is 4.59. The summed E-state index contributed by atoms with van der Waals surface area (Å²) >= 11 is 0. The molecule has 3 heteroatoms. The number of aromatic nitrogens is 1. The largest absolute Gasteiger partial charge is 0.489 e. The summed E-state index contributed by atoms with van der Waals surface area (Å²) < 4.78 is 12.0. The molecule has 31 heavy (non-hydrogen) atoms. The van der Waals surface area contributed by atoms with Crippen molar-refractivity contribution < 1.29 is 9.47 Å². The zero-order valence-corrected chi connectivity index (χ0v) is 18.3. The van der Waals surface area contributed by atoms with Crippen LogP contribution < -0.4 is 4.74 Å². The maximum Gasteiger partial charge on any atom is 0.120 e. The van der Waals surface area contributed by atoms with Crippen LogP contribution in [0.15, 0.2) is 66.7 Å². The Morgan fingerprint density at radius 2 is 1.77 bits per heavy atom. The van der Waals surface area contributed by atoms with Crippen molar-refractivity contribution in [3.05, 3.63) is 89.1 Å². The molecule has 1 aliphatic rings. The van der Waals surface area contributed by atoms with Crippen molar-refractivity contribution in [3.63, 3.8) is 0 Å². The molecule has 1 saturated heterocycles. The summed E-state index contributed by atoms with van der Waals surface area (Å²) in [5.41, 5.74) is 8.62. The Bertz CT molecular complexity index is 1190. The number of rotatable bonds is 5. The van der Waals surface area contributed by atoms with Crippen molar-refractivity contribution in [2.24, 2.45) is 0 Å². The van der Waals surface area contributed by atoms with E-state index >= 15 is 0 Å². The normalized spacial score (nSPS) is 16.5. The summed E-state index contributed by atoms with van der Waals surface area (Å²) in [6.45, 7) is 5.82. The van der Waals surface area contributed by atoms with Crippen LogP contribution in [0, 0.1) is 13.8 Å². The zero-order valence-electron chi connectivity index (χ0n) is 18.3. The van der Waals surface area contributed by atoms with Crippen LogP contribution in [0.3, 0.4) is 0 Å². The van der Waals surface area contributed by atoms with Gasteiger partial charge in [0.15, 0.2) is 0 Å². The van der Waals surface area contributed by atoms with Gasteiger partial charge in [0, 0.05) is 23.2 Å². The van der Waals surface area contributed by atoms with Crippen LogP contribution in [-0.2, 0) is 11.3 Å². The predicted octanol–water partition coefficient (Wildman–Crippen LogP) is 7.27. The summed E-state index contributed by atoms with van der Waals surface area (Å²) in [7, 11) is 0. The molecule has 1 N–H and O–H groups in total. The molecule has 158 valence electrons. The Morgan fingerprint density at radius 1 is 0.935 bits per heavy atom. The molecular formula is C28H29NO2. The van der Waals surface area contributed by atoms with Gasteiger partial charge in [0.25, 0.3) is 0 Å². The summed E-state index contributed by atoms with van der Waals surface area (Å²) in [6, 6.07) is 23.4. The number of aryl methyl sites for hydroxylation is 2. The minimum absolute atomic E-state index is 0.201. The third-order valence-electron chi connectivity index (χ3n) is 6.36. The van der Waals surface area contributed by atoms with Gasteiger partial charge in [0.05, 0.1) is 6.10 Å². The van der Waals surface area contributed by atoms with Gasteiger partial charge in [0.1, 0.15) is 12.4 Å². The number of hydrogen-bond acceptors (Lipinski definition) is 2. The second-order valence-corrected chi connectivity index (χ2v) is 8.53. The van der Waals surface area contributed by atoms with Crippen molar-refractivity contribution in [2.45, 2.75) is 45.8 Å². The van der Waals surface area contributed by atoms with Gasteiger partial charge in [-0.25, -0.2) is 0 Å². The third-order valence-corrected chi connectivity index (χ3v) is 6.36. The van der Waals surface area contributed by atoms with Gasteiger partial charge in [-0.2, -0.15) is 0 Å². The lowest BCUT2D eigenvalue weighted by Crippen LogP contribution is -2.11. The minimum Gasteiger partial charge on any atom is -0.489 e. The van der Waals surface area contributed by atoms with Crippen molar-refractivity contribution in [2.75, 3.05) is 6.61 Å². The first-order valence-corrected chi connectivity index (χ1v) is 11.2. The molecule has 0 saturated carbocycles. The van der Waals surface area contributed by atoms with Crippen LogP contribution in [0.25, 0.3) is 22.0 Å². The lowest BCUT2D eigenvalue weighted by atomic mass is 9.94. The number of benzene rings is 3. The number of nitrogens with one attached hydrogen (secondary N) is 1. The zero-order chi connectivity index (χ0) is 21.2. The number of aromatic amines is 1. The molecule has 0 amide bonds. The highest BCUT2D eigenvalue weighted by Crippen LogP contribution is 2.36. The summed E-state index contributed by atoms with van der Waals surface area (Å²) in [5, 5.41) is 1.28. The highest BCUT2D eigenvalue weighted by molar-refractivity contribution is 5.91. The molecular weight excluding hydrogens is 382 g/mol. The summed E-state index contributed by atoms with van der Waals surface area (Å²) in [6.07, 6.45) is 3.71. The molecule has 5 rings (SSSR count). The molecule has 1 aliphatic heterocycles. The second-order valence-electron chi connectivity index (χ2n) is 8.53. The van der Waals surface area contributed by atoms with E-state index in [1.54, 1.807) is 0 Å². The second kappa shape index (κ2) is 8.60. The van der Waals surface area contributed by atoms with E-state index in [-0.39, 0.29) is 6.10 Å². The van der Waals surface area contributed by atoms with Crippen LogP contribution in [0.2, 0.25) is 0 Å².